The Morgan fingerprint density at radius 2 is 1.38 bits per heavy atom. The maximum atomic E-state index is 6.54. The van der Waals surface area contributed by atoms with Crippen molar-refractivity contribution in [3.8, 4) is 0 Å². The van der Waals surface area contributed by atoms with E-state index in [9.17, 15) is 0 Å². The minimum Gasteiger partial charge on any atom is -0.323 e. The van der Waals surface area contributed by atoms with Gasteiger partial charge in [0.25, 0.3) is 0 Å². The summed E-state index contributed by atoms with van der Waals surface area (Å²) in [6, 6.07) is 9.25. The molecule has 0 heterocycles. The van der Waals surface area contributed by atoms with Gasteiger partial charge in [-0.1, -0.05) is 58.9 Å². The second-order valence-electron chi connectivity index (χ2n) is 7.10. The predicted molar refractivity (Wildman–Crippen MR) is 93.5 cm³/mol. The molecule has 0 saturated heterocycles. The number of aryl methyl sites for hydroxylation is 1. The van der Waals surface area contributed by atoms with E-state index in [0.717, 1.165) is 19.5 Å². The summed E-state index contributed by atoms with van der Waals surface area (Å²) in [7, 11) is 0. The van der Waals surface area contributed by atoms with Crippen LogP contribution in [0.15, 0.2) is 24.3 Å². The fourth-order valence-electron chi connectivity index (χ4n) is 2.83. The minimum absolute atomic E-state index is 0.0772. The van der Waals surface area contributed by atoms with Crippen LogP contribution in [0, 0.1) is 11.8 Å². The highest BCUT2D eigenvalue weighted by Crippen LogP contribution is 2.21. The van der Waals surface area contributed by atoms with Gasteiger partial charge in [0.2, 0.25) is 0 Å². The first kappa shape index (κ1) is 18.2. The normalized spacial score (nSPS) is 15.0. The molecule has 1 aromatic rings. The lowest BCUT2D eigenvalue weighted by Crippen LogP contribution is -2.44. The van der Waals surface area contributed by atoms with E-state index in [-0.39, 0.29) is 6.04 Å². The van der Waals surface area contributed by atoms with Crippen LogP contribution in [0.3, 0.4) is 0 Å². The van der Waals surface area contributed by atoms with Crippen LogP contribution in [-0.4, -0.2) is 24.0 Å². The van der Waals surface area contributed by atoms with Crippen molar-refractivity contribution in [3.05, 3.63) is 35.4 Å². The zero-order chi connectivity index (χ0) is 16.0. The molecule has 2 N–H and O–H groups in total. The van der Waals surface area contributed by atoms with E-state index >= 15 is 0 Å². The molecule has 0 aromatic heterocycles. The molecule has 0 aliphatic carbocycles. The molecule has 0 aliphatic heterocycles. The quantitative estimate of drug-likeness (QED) is 0.775. The molecule has 21 heavy (non-hydrogen) atoms. The number of hydrogen-bond acceptors (Lipinski definition) is 2. The van der Waals surface area contributed by atoms with Crippen molar-refractivity contribution >= 4 is 0 Å². The molecule has 0 bridgehead atoms. The van der Waals surface area contributed by atoms with Crippen molar-refractivity contribution in [2.24, 2.45) is 17.6 Å². The molecule has 0 aliphatic rings. The molecule has 2 unspecified atom stereocenters. The number of rotatable bonds is 8. The highest BCUT2D eigenvalue weighted by Gasteiger charge is 2.23. The lowest BCUT2D eigenvalue weighted by Gasteiger charge is -2.35. The maximum Gasteiger partial charge on any atom is 0.0450 e. The van der Waals surface area contributed by atoms with E-state index in [1.54, 1.807) is 0 Å². The zero-order valence-corrected chi connectivity index (χ0v) is 14.8. The molecule has 0 saturated carbocycles. The summed E-state index contributed by atoms with van der Waals surface area (Å²) in [4.78, 5) is 2.55. The van der Waals surface area contributed by atoms with Crippen LogP contribution < -0.4 is 5.73 Å². The highest BCUT2D eigenvalue weighted by molar-refractivity contribution is 5.25. The Morgan fingerprint density at radius 3 is 1.76 bits per heavy atom. The second-order valence-corrected chi connectivity index (χ2v) is 7.10. The van der Waals surface area contributed by atoms with Crippen LogP contribution >= 0.6 is 0 Å². The summed E-state index contributed by atoms with van der Waals surface area (Å²) in [6.07, 6.45) is 1.08. The van der Waals surface area contributed by atoms with Crippen LogP contribution in [-0.2, 0) is 6.42 Å². The number of hydrogen-bond donors (Lipinski definition) is 1. The van der Waals surface area contributed by atoms with Crippen LogP contribution in [0.2, 0.25) is 0 Å². The van der Waals surface area contributed by atoms with Gasteiger partial charge in [-0.05, 0) is 36.3 Å². The van der Waals surface area contributed by atoms with E-state index in [0.29, 0.717) is 17.9 Å². The smallest absolute Gasteiger partial charge is 0.0450 e. The van der Waals surface area contributed by atoms with Gasteiger partial charge in [0.05, 0.1) is 0 Å². The molecule has 120 valence electrons. The summed E-state index contributed by atoms with van der Waals surface area (Å²) in [5.74, 6) is 1.33. The van der Waals surface area contributed by atoms with Gasteiger partial charge in [-0.3, -0.25) is 4.90 Å². The van der Waals surface area contributed by atoms with Crippen molar-refractivity contribution in [2.45, 2.75) is 60.0 Å². The first-order chi connectivity index (χ1) is 9.85. The fourth-order valence-corrected chi connectivity index (χ4v) is 2.83. The molecular weight excluding hydrogens is 256 g/mol. The summed E-state index contributed by atoms with van der Waals surface area (Å²) < 4.78 is 0. The van der Waals surface area contributed by atoms with Gasteiger partial charge in [-0.2, -0.15) is 0 Å². The van der Waals surface area contributed by atoms with E-state index in [4.69, 9.17) is 5.73 Å². The van der Waals surface area contributed by atoms with Gasteiger partial charge in [0.1, 0.15) is 0 Å². The van der Waals surface area contributed by atoms with E-state index in [2.05, 4.69) is 70.7 Å². The van der Waals surface area contributed by atoms with Crippen LogP contribution in [0.25, 0.3) is 0 Å². The molecule has 1 rings (SSSR count). The van der Waals surface area contributed by atoms with E-state index < -0.39 is 0 Å². The summed E-state index contributed by atoms with van der Waals surface area (Å²) >= 11 is 0. The minimum atomic E-state index is 0.0772. The SMILES string of the molecule is CCc1ccc(C(N)C(C)N(CC(C)C)CC(C)C)cc1. The van der Waals surface area contributed by atoms with Gasteiger partial charge in [0, 0.05) is 25.2 Å². The van der Waals surface area contributed by atoms with Crippen LogP contribution in [0.1, 0.15) is 58.7 Å². The van der Waals surface area contributed by atoms with Gasteiger partial charge >= 0.3 is 0 Å². The summed E-state index contributed by atoms with van der Waals surface area (Å²) in [5.41, 5.74) is 9.16. The third-order valence-electron chi connectivity index (χ3n) is 4.07. The topological polar surface area (TPSA) is 29.3 Å². The van der Waals surface area contributed by atoms with Gasteiger partial charge in [-0.25, -0.2) is 0 Å². The van der Waals surface area contributed by atoms with E-state index in [1.165, 1.54) is 11.1 Å². The van der Waals surface area contributed by atoms with Crippen molar-refractivity contribution in [3.63, 3.8) is 0 Å². The fraction of sp³-hybridized carbons (Fsp3) is 0.684. The maximum absolute atomic E-state index is 6.54. The molecule has 0 radical (unpaired) electrons. The summed E-state index contributed by atoms with van der Waals surface area (Å²) in [5, 5.41) is 0. The van der Waals surface area contributed by atoms with Crippen molar-refractivity contribution in [2.75, 3.05) is 13.1 Å². The lowest BCUT2D eigenvalue weighted by molar-refractivity contribution is 0.147. The molecule has 0 spiro atoms. The predicted octanol–water partition coefficient (Wildman–Crippen LogP) is 4.25. The second kappa shape index (κ2) is 8.55. The standard InChI is InChI=1S/C19H34N2/c1-7-17-8-10-18(11-9-17)19(20)16(6)21(12-14(2)3)13-15(4)5/h8-11,14-16,19H,7,12-13,20H2,1-6H3. The van der Waals surface area contributed by atoms with Gasteiger partial charge in [-0.15, -0.1) is 0 Å². The Labute approximate surface area is 131 Å². The van der Waals surface area contributed by atoms with Crippen molar-refractivity contribution < 1.29 is 0 Å². The van der Waals surface area contributed by atoms with Crippen LogP contribution in [0.4, 0.5) is 0 Å². The molecule has 2 heteroatoms. The molecule has 2 nitrogen and oxygen atoms in total. The summed E-state index contributed by atoms with van der Waals surface area (Å²) in [6.45, 7) is 15.8. The molecule has 1 aromatic carbocycles. The highest BCUT2D eigenvalue weighted by atomic mass is 15.2. The molecule has 0 amide bonds. The first-order valence-corrected chi connectivity index (χ1v) is 8.43. The average molecular weight is 290 g/mol. The Balaban J connectivity index is 2.81. The van der Waals surface area contributed by atoms with Gasteiger partial charge in [0.15, 0.2) is 0 Å². The first-order valence-electron chi connectivity index (χ1n) is 8.43. The van der Waals surface area contributed by atoms with Crippen molar-refractivity contribution in [1.29, 1.82) is 0 Å². The van der Waals surface area contributed by atoms with Crippen LogP contribution in [0.5, 0.6) is 0 Å². The Hall–Kier alpha value is -0.860. The number of nitrogens with two attached hydrogens (primary N) is 1. The van der Waals surface area contributed by atoms with E-state index in [1.807, 2.05) is 0 Å². The van der Waals surface area contributed by atoms with Gasteiger partial charge < -0.3 is 5.73 Å². The Bertz CT molecular complexity index is 385. The Morgan fingerprint density at radius 1 is 0.905 bits per heavy atom. The average Bonchev–Trinajstić information content (AvgIpc) is 2.44. The third-order valence-corrected chi connectivity index (χ3v) is 4.07. The Kier molecular flexibility index (Phi) is 7.41. The lowest BCUT2D eigenvalue weighted by atomic mass is 9.97. The third kappa shape index (κ3) is 5.80. The largest absolute Gasteiger partial charge is 0.323 e. The monoisotopic (exact) mass is 290 g/mol. The number of benzene rings is 1. The molecule has 2 atom stereocenters. The molecule has 0 fully saturated rings. The zero-order valence-electron chi connectivity index (χ0n) is 14.8. The molecular formula is C19H34N2. The van der Waals surface area contributed by atoms with Crippen molar-refractivity contribution in [1.82, 2.24) is 4.90 Å². The number of nitrogens with zero attached hydrogens (tertiary/aromatic N) is 1.